The van der Waals surface area contributed by atoms with Crippen LogP contribution in [0.3, 0.4) is 0 Å². The molecule has 2 nitrogen and oxygen atoms in total. The van der Waals surface area contributed by atoms with Crippen molar-refractivity contribution in [2.45, 2.75) is 33.4 Å². The van der Waals surface area contributed by atoms with Crippen molar-refractivity contribution in [3.8, 4) is 0 Å². The number of hydrogen-bond donors (Lipinski definition) is 1. The number of allylic oxidation sites excluding steroid dienone is 3. The first-order chi connectivity index (χ1) is 7.02. The van der Waals surface area contributed by atoms with E-state index in [1.807, 2.05) is 9.19 Å². The molecule has 0 aromatic rings. The number of hydrogen-bond acceptors (Lipinski definition) is 2. The molecule has 82 valence electrons. The Morgan fingerprint density at radius 1 is 1.47 bits per heavy atom. The molecule has 0 bridgehead atoms. The van der Waals surface area contributed by atoms with Crippen molar-refractivity contribution in [3.05, 3.63) is 34.6 Å². The molecule has 1 heterocycles. The number of aliphatic hydroxyl groups is 1. The highest BCUT2D eigenvalue weighted by molar-refractivity contribution is 14.1. The molecule has 0 aromatic heterocycles. The quantitative estimate of drug-likeness (QED) is 0.548. The van der Waals surface area contributed by atoms with Crippen LogP contribution in [0.4, 0.5) is 0 Å². The van der Waals surface area contributed by atoms with Crippen LogP contribution < -0.4 is 0 Å². The first-order valence-corrected chi connectivity index (χ1v) is 6.21. The zero-order valence-corrected chi connectivity index (χ0v) is 11.4. The van der Waals surface area contributed by atoms with Crippen LogP contribution in [0, 0.1) is 5.92 Å². The van der Waals surface area contributed by atoms with E-state index in [1.165, 1.54) is 22.4 Å². The lowest BCUT2D eigenvalue weighted by molar-refractivity contribution is 0.145. The van der Waals surface area contributed by atoms with E-state index in [0.29, 0.717) is 5.92 Å². The minimum absolute atomic E-state index is 0.486. The van der Waals surface area contributed by atoms with Crippen molar-refractivity contribution < 1.29 is 5.11 Å². The summed E-state index contributed by atoms with van der Waals surface area (Å²) in [6, 6.07) is 0. The predicted octanol–water partition coefficient (Wildman–Crippen LogP) is 3.16. The molecule has 2 atom stereocenters. The maximum absolute atomic E-state index is 9.76. The number of aliphatic hydroxyl groups excluding tert-OH is 1. The fourth-order valence-electron chi connectivity index (χ4n) is 2.29. The smallest absolute Gasteiger partial charge is 0.155 e. The summed E-state index contributed by atoms with van der Waals surface area (Å²) in [5.41, 5.74) is 5.31. The van der Waals surface area contributed by atoms with Gasteiger partial charge in [0.15, 0.2) is 6.23 Å². The summed E-state index contributed by atoms with van der Waals surface area (Å²) in [5.74, 6) is 0.619. The first kappa shape index (κ1) is 11.2. The Kier molecular flexibility index (Phi) is 2.94. The molecule has 0 saturated carbocycles. The van der Waals surface area contributed by atoms with Crippen LogP contribution in [0.5, 0.6) is 0 Å². The summed E-state index contributed by atoms with van der Waals surface area (Å²) >= 11 is 2.19. The Hall–Kier alpha value is -0.290. The van der Waals surface area contributed by atoms with Crippen molar-refractivity contribution >= 4 is 22.9 Å². The maximum Gasteiger partial charge on any atom is 0.155 e. The summed E-state index contributed by atoms with van der Waals surface area (Å²) in [5, 5.41) is 9.76. The zero-order chi connectivity index (χ0) is 11.2. The van der Waals surface area contributed by atoms with Gasteiger partial charge in [-0.1, -0.05) is 18.6 Å². The molecule has 1 aliphatic heterocycles. The molecule has 0 amide bonds. The minimum Gasteiger partial charge on any atom is -0.369 e. The molecule has 15 heavy (non-hydrogen) atoms. The summed E-state index contributed by atoms with van der Waals surface area (Å²) in [4.78, 5) is 0. The minimum atomic E-state index is -0.486. The molecule has 2 unspecified atom stereocenters. The second kappa shape index (κ2) is 3.94. The van der Waals surface area contributed by atoms with Gasteiger partial charge in [-0.15, -0.1) is 0 Å². The van der Waals surface area contributed by atoms with E-state index < -0.39 is 6.23 Å². The van der Waals surface area contributed by atoms with E-state index in [0.717, 1.165) is 6.42 Å². The molecule has 1 aliphatic carbocycles. The molecular formula is C12H16INO. The Bertz CT molecular complexity index is 381. The number of rotatable bonds is 0. The van der Waals surface area contributed by atoms with Gasteiger partial charge in [-0.3, -0.25) is 3.11 Å². The number of halogens is 1. The lowest BCUT2D eigenvalue weighted by Gasteiger charge is -2.35. The number of nitrogens with zero attached hydrogens (tertiary/aromatic N) is 1. The van der Waals surface area contributed by atoms with Crippen LogP contribution in [0.15, 0.2) is 34.6 Å². The van der Waals surface area contributed by atoms with Gasteiger partial charge < -0.3 is 5.11 Å². The topological polar surface area (TPSA) is 23.5 Å². The van der Waals surface area contributed by atoms with Gasteiger partial charge in [-0.2, -0.15) is 0 Å². The van der Waals surface area contributed by atoms with E-state index in [-0.39, 0.29) is 0 Å². The molecule has 2 aliphatic rings. The molecule has 1 N–H and O–H groups in total. The van der Waals surface area contributed by atoms with E-state index in [9.17, 15) is 5.11 Å². The fraction of sp³-hybridized carbons (Fsp3) is 0.500. The fourth-order valence-corrected chi connectivity index (χ4v) is 3.15. The SMILES string of the molecule is CC1=C2C(=C(C)C(C)C1)C=CC(O)N2I. The van der Waals surface area contributed by atoms with Crippen LogP contribution in [0.1, 0.15) is 27.2 Å². The largest absolute Gasteiger partial charge is 0.369 e. The van der Waals surface area contributed by atoms with Crippen molar-refractivity contribution in [2.75, 3.05) is 0 Å². The lowest BCUT2D eigenvalue weighted by atomic mass is 9.82. The highest BCUT2D eigenvalue weighted by Crippen LogP contribution is 2.40. The third kappa shape index (κ3) is 1.76. The average Bonchev–Trinajstić information content (AvgIpc) is 2.18. The molecular weight excluding hydrogens is 301 g/mol. The lowest BCUT2D eigenvalue weighted by Crippen LogP contribution is -2.30. The molecule has 0 spiro atoms. The van der Waals surface area contributed by atoms with Crippen molar-refractivity contribution in [1.82, 2.24) is 3.11 Å². The van der Waals surface area contributed by atoms with Crippen LogP contribution in [-0.2, 0) is 0 Å². The average molecular weight is 317 g/mol. The van der Waals surface area contributed by atoms with Crippen molar-refractivity contribution in [3.63, 3.8) is 0 Å². The highest BCUT2D eigenvalue weighted by Gasteiger charge is 2.28. The van der Waals surface area contributed by atoms with Gasteiger partial charge in [0.1, 0.15) is 0 Å². The maximum atomic E-state index is 9.76. The normalized spacial score (nSPS) is 31.1. The monoisotopic (exact) mass is 317 g/mol. The summed E-state index contributed by atoms with van der Waals surface area (Å²) in [6.45, 7) is 6.62. The van der Waals surface area contributed by atoms with Crippen LogP contribution in [-0.4, -0.2) is 14.4 Å². The summed E-state index contributed by atoms with van der Waals surface area (Å²) < 4.78 is 1.93. The summed E-state index contributed by atoms with van der Waals surface area (Å²) in [7, 11) is 0. The standard InChI is InChI=1S/C12H16INO/c1-7-6-8(2)12-10(9(7)3)4-5-11(15)14(12)13/h4-5,7,11,15H,6H2,1-3H3. The van der Waals surface area contributed by atoms with Crippen LogP contribution in [0.25, 0.3) is 0 Å². The van der Waals surface area contributed by atoms with Crippen molar-refractivity contribution in [2.24, 2.45) is 5.92 Å². The summed E-state index contributed by atoms with van der Waals surface area (Å²) in [6.07, 6.45) is 4.52. The van der Waals surface area contributed by atoms with Gasteiger partial charge in [-0.05, 0) is 43.4 Å². The van der Waals surface area contributed by atoms with Crippen LogP contribution >= 0.6 is 22.9 Å². The van der Waals surface area contributed by atoms with Gasteiger partial charge >= 0.3 is 0 Å². The second-order valence-corrected chi connectivity index (χ2v) is 5.45. The number of fused-ring (bicyclic) bond motifs is 1. The molecule has 2 rings (SSSR count). The third-order valence-corrected chi connectivity index (χ3v) is 4.37. The molecule has 3 heteroatoms. The molecule has 0 radical (unpaired) electrons. The Labute approximate surface area is 105 Å². The Morgan fingerprint density at radius 3 is 2.80 bits per heavy atom. The first-order valence-electron chi connectivity index (χ1n) is 5.24. The Morgan fingerprint density at radius 2 is 2.13 bits per heavy atom. The molecule has 0 saturated heterocycles. The predicted molar refractivity (Wildman–Crippen MR) is 70.2 cm³/mol. The van der Waals surface area contributed by atoms with E-state index in [4.69, 9.17) is 0 Å². The zero-order valence-electron chi connectivity index (χ0n) is 9.29. The van der Waals surface area contributed by atoms with E-state index in [2.05, 4.69) is 49.7 Å². The molecule has 0 fully saturated rings. The third-order valence-electron chi connectivity index (χ3n) is 3.32. The van der Waals surface area contributed by atoms with E-state index in [1.54, 1.807) is 0 Å². The van der Waals surface area contributed by atoms with Gasteiger partial charge in [0.2, 0.25) is 0 Å². The van der Waals surface area contributed by atoms with Gasteiger partial charge in [0, 0.05) is 0 Å². The van der Waals surface area contributed by atoms with Gasteiger partial charge in [0.05, 0.1) is 28.6 Å². The molecule has 0 aromatic carbocycles. The van der Waals surface area contributed by atoms with Gasteiger partial charge in [-0.25, -0.2) is 0 Å². The van der Waals surface area contributed by atoms with Gasteiger partial charge in [0.25, 0.3) is 0 Å². The van der Waals surface area contributed by atoms with Crippen LogP contribution in [0.2, 0.25) is 0 Å². The Balaban J connectivity index is 2.56. The second-order valence-electron chi connectivity index (χ2n) is 4.41. The van der Waals surface area contributed by atoms with Crippen molar-refractivity contribution in [1.29, 1.82) is 0 Å². The highest BCUT2D eigenvalue weighted by atomic mass is 127. The van der Waals surface area contributed by atoms with E-state index >= 15 is 0 Å².